The third-order valence-electron chi connectivity index (χ3n) is 4.78. The van der Waals surface area contributed by atoms with Gasteiger partial charge in [-0.25, -0.2) is 4.79 Å². The predicted octanol–water partition coefficient (Wildman–Crippen LogP) is 0.619. The Balaban J connectivity index is 1.64. The lowest BCUT2D eigenvalue weighted by Crippen LogP contribution is -2.64. The molecule has 4 atom stereocenters. The lowest BCUT2D eigenvalue weighted by Gasteiger charge is -2.35. The second-order valence-corrected chi connectivity index (χ2v) is 7.08. The average molecular weight is 381 g/mol. The molecule has 0 saturated carbocycles. The van der Waals surface area contributed by atoms with Gasteiger partial charge in [0.05, 0.1) is 12.1 Å². The number of nitrogens with one attached hydrogen (secondary N) is 3. The molecule has 0 radical (unpaired) electrons. The molecule has 0 unspecified atom stereocenters. The number of aliphatic hydroxyl groups excluding tert-OH is 1. The molecule has 2 saturated heterocycles. The highest BCUT2D eigenvalue weighted by Crippen LogP contribution is 2.25. The van der Waals surface area contributed by atoms with E-state index < -0.39 is 24.2 Å². The maximum absolute atomic E-state index is 12.4. The van der Waals surface area contributed by atoms with Crippen LogP contribution in [0.1, 0.15) is 18.9 Å². The average Bonchev–Trinajstić information content (AvgIpc) is 2.99. The highest BCUT2D eigenvalue weighted by Gasteiger charge is 2.47. The van der Waals surface area contributed by atoms with E-state index in [-0.39, 0.29) is 24.4 Å². The number of fused-ring (bicyclic) bond motifs is 1. The summed E-state index contributed by atoms with van der Waals surface area (Å²) in [6.45, 7) is 3.48. The van der Waals surface area contributed by atoms with Gasteiger partial charge in [-0.05, 0) is 38.0 Å². The molecule has 0 aliphatic carbocycles. The van der Waals surface area contributed by atoms with Crippen molar-refractivity contribution < 1.29 is 19.5 Å². The van der Waals surface area contributed by atoms with Crippen LogP contribution in [0.4, 0.5) is 10.5 Å². The number of benzene rings is 1. The van der Waals surface area contributed by atoms with E-state index in [1.807, 2.05) is 0 Å². The number of amides is 4. The number of anilines is 1. The molecule has 1 aromatic carbocycles. The number of rotatable bonds is 3. The van der Waals surface area contributed by atoms with Gasteiger partial charge in [-0.1, -0.05) is 17.7 Å². The first-order chi connectivity index (χ1) is 12.3. The quantitative estimate of drug-likeness (QED) is 0.616. The largest absolute Gasteiger partial charge is 0.391 e. The molecule has 0 aromatic heterocycles. The minimum atomic E-state index is -0.978. The summed E-state index contributed by atoms with van der Waals surface area (Å²) in [6, 6.07) is 2.85. The Bertz CT molecular complexity index is 754. The van der Waals surface area contributed by atoms with Crippen molar-refractivity contribution in [3.63, 3.8) is 0 Å². The van der Waals surface area contributed by atoms with Crippen LogP contribution in [0.3, 0.4) is 0 Å². The van der Waals surface area contributed by atoms with Crippen LogP contribution in [0, 0.1) is 6.92 Å². The van der Waals surface area contributed by atoms with E-state index in [2.05, 4.69) is 16.0 Å². The Morgan fingerprint density at radius 2 is 2.15 bits per heavy atom. The molecule has 2 heterocycles. The Morgan fingerprint density at radius 1 is 1.42 bits per heavy atom. The van der Waals surface area contributed by atoms with Gasteiger partial charge in [0.25, 0.3) is 0 Å². The van der Waals surface area contributed by atoms with Crippen LogP contribution < -0.4 is 16.0 Å². The number of halogens is 1. The van der Waals surface area contributed by atoms with E-state index in [0.29, 0.717) is 17.1 Å². The number of carbonyl (C=O) groups excluding carboxylic acids is 3. The minimum absolute atomic E-state index is 0.224. The van der Waals surface area contributed by atoms with Crippen LogP contribution in [0.5, 0.6) is 0 Å². The van der Waals surface area contributed by atoms with Crippen LogP contribution in [-0.2, 0) is 9.59 Å². The van der Waals surface area contributed by atoms with Gasteiger partial charge in [0, 0.05) is 17.3 Å². The second kappa shape index (κ2) is 7.13. The van der Waals surface area contributed by atoms with Gasteiger partial charge in [0.1, 0.15) is 12.1 Å². The van der Waals surface area contributed by atoms with Gasteiger partial charge in [-0.2, -0.15) is 0 Å². The lowest BCUT2D eigenvalue weighted by atomic mass is 10.0. The Morgan fingerprint density at radius 3 is 2.85 bits per heavy atom. The molecule has 26 heavy (non-hydrogen) atoms. The number of aliphatic hydroxyl groups is 1. The van der Waals surface area contributed by atoms with E-state index in [1.54, 1.807) is 25.1 Å². The maximum Gasteiger partial charge on any atom is 0.319 e. The standard InChI is InChI=1S/C17H21ClN4O4/c1-8-11(18)4-3-5-12(8)20-17(26)19-10-6-13-15(24)21-14(9(2)23)16(25)22(13)7-10/h3-5,9-10,13-14,23H,6-7H2,1-2H3,(H,21,24)(H2,19,20,26)/t9-,10+,13+,14+/m1/s1. The monoisotopic (exact) mass is 380 g/mol. The molecule has 2 aliphatic rings. The minimum Gasteiger partial charge on any atom is -0.391 e. The number of piperazine rings is 1. The molecule has 4 N–H and O–H groups in total. The van der Waals surface area contributed by atoms with E-state index in [9.17, 15) is 19.5 Å². The first-order valence-electron chi connectivity index (χ1n) is 8.39. The highest BCUT2D eigenvalue weighted by atomic mass is 35.5. The normalized spacial score (nSPS) is 26.2. The maximum atomic E-state index is 12.4. The van der Waals surface area contributed by atoms with Crippen molar-refractivity contribution in [2.75, 3.05) is 11.9 Å². The molecule has 2 aliphatic heterocycles. The number of nitrogens with zero attached hydrogens (tertiary/aromatic N) is 1. The molecule has 1 aromatic rings. The summed E-state index contributed by atoms with van der Waals surface area (Å²) >= 11 is 6.04. The predicted molar refractivity (Wildman–Crippen MR) is 95.9 cm³/mol. The smallest absolute Gasteiger partial charge is 0.319 e. The fourth-order valence-electron chi connectivity index (χ4n) is 3.34. The molecule has 4 amide bonds. The first-order valence-corrected chi connectivity index (χ1v) is 8.77. The van der Waals surface area contributed by atoms with Crippen LogP contribution in [0.2, 0.25) is 5.02 Å². The lowest BCUT2D eigenvalue weighted by molar-refractivity contribution is -0.149. The summed E-state index contributed by atoms with van der Waals surface area (Å²) in [5, 5.41) is 18.3. The second-order valence-electron chi connectivity index (χ2n) is 6.68. The third-order valence-corrected chi connectivity index (χ3v) is 5.19. The number of urea groups is 1. The van der Waals surface area contributed by atoms with Crippen molar-refractivity contribution in [3.8, 4) is 0 Å². The molecule has 8 nitrogen and oxygen atoms in total. The van der Waals surface area contributed by atoms with Gasteiger partial charge in [0.2, 0.25) is 11.8 Å². The van der Waals surface area contributed by atoms with E-state index in [0.717, 1.165) is 5.56 Å². The van der Waals surface area contributed by atoms with Gasteiger partial charge in [0.15, 0.2) is 0 Å². The zero-order chi connectivity index (χ0) is 19.0. The molecule has 140 valence electrons. The van der Waals surface area contributed by atoms with E-state index >= 15 is 0 Å². The van der Waals surface area contributed by atoms with E-state index in [1.165, 1.54) is 11.8 Å². The molecule has 9 heteroatoms. The topological polar surface area (TPSA) is 111 Å². The fourth-order valence-corrected chi connectivity index (χ4v) is 3.51. The summed E-state index contributed by atoms with van der Waals surface area (Å²) in [5.41, 5.74) is 1.34. The number of hydrogen-bond donors (Lipinski definition) is 4. The summed E-state index contributed by atoms with van der Waals surface area (Å²) in [4.78, 5) is 38.3. The van der Waals surface area contributed by atoms with Gasteiger partial charge >= 0.3 is 6.03 Å². The Labute approximate surface area is 155 Å². The van der Waals surface area contributed by atoms with Crippen LogP contribution in [0.25, 0.3) is 0 Å². The van der Waals surface area contributed by atoms with E-state index in [4.69, 9.17) is 11.6 Å². The molecule has 0 spiro atoms. The van der Waals surface area contributed by atoms with Crippen LogP contribution in [0.15, 0.2) is 18.2 Å². The zero-order valence-corrected chi connectivity index (χ0v) is 15.2. The van der Waals surface area contributed by atoms with Crippen molar-refractivity contribution in [2.24, 2.45) is 0 Å². The van der Waals surface area contributed by atoms with Gasteiger partial charge in [-0.3, -0.25) is 9.59 Å². The molecule has 2 fully saturated rings. The van der Waals surface area contributed by atoms with Crippen molar-refractivity contribution in [3.05, 3.63) is 28.8 Å². The van der Waals surface area contributed by atoms with Crippen molar-refractivity contribution in [2.45, 2.75) is 44.5 Å². The SMILES string of the molecule is Cc1c(Cl)cccc1NC(=O)N[C@H]1C[C@H]2C(=O)N[C@@H]([C@@H](C)O)C(=O)N2C1. The summed E-state index contributed by atoms with van der Waals surface area (Å²) in [7, 11) is 0. The zero-order valence-electron chi connectivity index (χ0n) is 14.5. The Hall–Kier alpha value is -2.32. The first kappa shape index (κ1) is 18.5. The summed E-state index contributed by atoms with van der Waals surface area (Å²) in [5.74, 6) is -0.647. The molecular weight excluding hydrogens is 360 g/mol. The van der Waals surface area contributed by atoms with Crippen molar-refractivity contribution in [1.29, 1.82) is 0 Å². The van der Waals surface area contributed by atoms with Crippen LogP contribution in [-0.4, -0.2) is 58.6 Å². The fraction of sp³-hybridized carbons (Fsp3) is 0.471. The van der Waals surface area contributed by atoms with Crippen LogP contribution >= 0.6 is 11.6 Å². The van der Waals surface area contributed by atoms with Gasteiger partial charge in [-0.15, -0.1) is 0 Å². The molecule has 0 bridgehead atoms. The summed E-state index contributed by atoms with van der Waals surface area (Å²) in [6.07, 6.45) is -0.653. The Kier molecular flexibility index (Phi) is 5.06. The third kappa shape index (κ3) is 3.47. The number of carbonyl (C=O) groups is 3. The number of hydrogen-bond acceptors (Lipinski definition) is 4. The molecule has 3 rings (SSSR count). The summed E-state index contributed by atoms with van der Waals surface area (Å²) < 4.78 is 0. The van der Waals surface area contributed by atoms with Gasteiger partial charge < -0.3 is 26.0 Å². The molecular formula is C17H21ClN4O4. The highest BCUT2D eigenvalue weighted by molar-refractivity contribution is 6.31. The van der Waals surface area contributed by atoms with Crippen molar-refractivity contribution >= 4 is 35.1 Å². The van der Waals surface area contributed by atoms with Crippen molar-refractivity contribution in [1.82, 2.24) is 15.5 Å².